The summed E-state index contributed by atoms with van der Waals surface area (Å²) >= 11 is 0. The lowest BCUT2D eigenvalue weighted by atomic mass is 10.0. The van der Waals surface area contributed by atoms with Crippen molar-refractivity contribution in [1.82, 2.24) is 10.2 Å². The third-order valence-electron chi connectivity index (χ3n) is 3.72. The van der Waals surface area contributed by atoms with E-state index in [0.29, 0.717) is 32.3 Å². The fourth-order valence-corrected chi connectivity index (χ4v) is 2.66. The van der Waals surface area contributed by atoms with E-state index in [9.17, 15) is 9.18 Å². The Morgan fingerprint density at radius 2 is 2.10 bits per heavy atom. The number of halogens is 1. The molecule has 2 rings (SSSR count). The van der Waals surface area contributed by atoms with E-state index < -0.39 is 0 Å². The molecule has 1 aliphatic heterocycles. The Balaban J connectivity index is 1.77. The molecule has 1 N–H and O–H groups in total. The molecular formula is C16H23FN2O2. The van der Waals surface area contributed by atoms with E-state index in [2.05, 4.69) is 5.32 Å². The molecule has 0 spiro atoms. The van der Waals surface area contributed by atoms with Gasteiger partial charge in [0, 0.05) is 25.7 Å². The van der Waals surface area contributed by atoms with Crippen molar-refractivity contribution in [3.05, 3.63) is 35.1 Å². The second kappa shape index (κ2) is 7.41. The lowest BCUT2D eigenvalue weighted by Crippen LogP contribution is -2.44. The number of nitrogens with one attached hydrogen (secondary N) is 1. The first-order chi connectivity index (χ1) is 10.1. The highest BCUT2D eigenvalue weighted by Gasteiger charge is 2.23. The first-order valence-electron chi connectivity index (χ1n) is 7.49. The highest BCUT2D eigenvalue weighted by atomic mass is 19.1. The maximum Gasteiger partial charge on any atom is 0.409 e. The molecule has 1 aromatic rings. The smallest absolute Gasteiger partial charge is 0.409 e. The van der Waals surface area contributed by atoms with Gasteiger partial charge in [-0.25, -0.2) is 9.18 Å². The summed E-state index contributed by atoms with van der Waals surface area (Å²) in [6, 6.07) is 5.44. The molecule has 0 bridgehead atoms. The minimum atomic E-state index is -0.225. The zero-order valence-electron chi connectivity index (χ0n) is 12.7. The molecule has 1 aliphatic rings. The number of likely N-dealkylation sites (tertiary alicyclic amines) is 1. The van der Waals surface area contributed by atoms with Gasteiger partial charge in [-0.3, -0.25) is 0 Å². The van der Waals surface area contributed by atoms with Crippen LogP contribution < -0.4 is 5.32 Å². The Labute approximate surface area is 125 Å². The van der Waals surface area contributed by atoms with Crippen LogP contribution in [0.3, 0.4) is 0 Å². The lowest BCUT2D eigenvalue weighted by molar-refractivity contribution is 0.0950. The monoisotopic (exact) mass is 294 g/mol. The molecule has 0 atom stereocenters. The van der Waals surface area contributed by atoms with Gasteiger partial charge in [-0.2, -0.15) is 0 Å². The molecule has 0 saturated carbocycles. The van der Waals surface area contributed by atoms with Gasteiger partial charge in [0.1, 0.15) is 5.82 Å². The number of aryl methyl sites for hydroxylation is 1. The highest BCUT2D eigenvalue weighted by molar-refractivity contribution is 5.67. The molecule has 21 heavy (non-hydrogen) atoms. The molecule has 1 fully saturated rings. The largest absolute Gasteiger partial charge is 0.450 e. The van der Waals surface area contributed by atoms with Crippen LogP contribution in [0, 0.1) is 12.7 Å². The van der Waals surface area contributed by atoms with Crippen LogP contribution in [-0.2, 0) is 11.3 Å². The zero-order chi connectivity index (χ0) is 15.2. The molecule has 1 amide bonds. The number of carbonyl (C=O) groups excluding carboxylic acids is 1. The molecule has 5 heteroatoms. The van der Waals surface area contributed by atoms with Gasteiger partial charge in [0.25, 0.3) is 0 Å². The van der Waals surface area contributed by atoms with Crippen molar-refractivity contribution in [2.24, 2.45) is 0 Å². The van der Waals surface area contributed by atoms with Gasteiger partial charge in [-0.15, -0.1) is 0 Å². The fourth-order valence-electron chi connectivity index (χ4n) is 2.66. The number of hydrogen-bond acceptors (Lipinski definition) is 3. The van der Waals surface area contributed by atoms with Crippen LogP contribution in [0.2, 0.25) is 0 Å². The number of hydrogen-bond donors (Lipinski definition) is 1. The number of carbonyl (C=O) groups is 1. The van der Waals surface area contributed by atoms with Crippen LogP contribution in [0.5, 0.6) is 0 Å². The summed E-state index contributed by atoms with van der Waals surface area (Å²) in [5, 5.41) is 3.44. The molecule has 116 valence electrons. The average Bonchev–Trinajstić information content (AvgIpc) is 2.45. The number of benzene rings is 1. The van der Waals surface area contributed by atoms with Crippen LogP contribution in [0.15, 0.2) is 18.2 Å². The van der Waals surface area contributed by atoms with E-state index in [1.807, 2.05) is 19.9 Å². The van der Waals surface area contributed by atoms with Gasteiger partial charge in [-0.1, -0.05) is 6.07 Å². The van der Waals surface area contributed by atoms with Gasteiger partial charge < -0.3 is 15.0 Å². The second-order valence-corrected chi connectivity index (χ2v) is 5.48. The predicted molar refractivity (Wildman–Crippen MR) is 79.6 cm³/mol. The summed E-state index contributed by atoms with van der Waals surface area (Å²) in [6.07, 6.45) is 1.57. The summed E-state index contributed by atoms with van der Waals surface area (Å²) in [6.45, 7) is 6.19. The Hall–Kier alpha value is -1.62. The van der Waals surface area contributed by atoms with Gasteiger partial charge in [-0.05, 0) is 49.9 Å². The van der Waals surface area contributed by atoms with E-state index in [0.717, 1.165) is 24.0 Å². The van der Waals surface area contributed by atoms with Crippen LogP contribution >= 0.6 is 0 Å². The Bertz CT molecular complexity index is 465. The number of ether oxygens (including phenoxy) is 1. The summed E-state index contributed by atoms with van der Waals surface area (Å²) < 4.78 is 18.3. The van der Waals surface area contributed by atoms with Gasteiger partial charge in [0.2, 0.25) is 0 Å². The summed E-state index contributed by atoms with van der Waals surface area (Å²) in [5.41, 5.74) is 1.89. The van der Waals surface area contributed by atoms with Crippen LogP contribution in [-0.4, -0.2) is 36.7 Å². The van der Waals surface area contributed by atoms with Crippen LogP contribution in [0.25, 0.3) is 0 Å². The van der Waals surface area contributed by atoms with Gasteiger partial charge >= 0.3 is 6.09 Å². The molecule has 1 heterocycles. The molecular weight excluding hydrogens is 271 g/mol. The predicted octanol–water partition coefficient (Wildman–Crippen LogP) is 2.84. The Morgan fingerprint density at radius 1 is 1.38 bits per heavy atom. The third kappa shape index (κ3) is 4.70. The quantitative estimate of drug-likeness (QED) is 0.928. The number of amides is 1. The van der Waals surface area contributed by atoms with Crippen molar-refractivity contribution in [3.8, 4) is 0 Å². The van der Waals surface area contributed by atoms with Crippen molar-refractivity contribution in [2.75, 3.05) is 19.7 Å². The standard InChI is InChI=1S/C16H23FN2O2/c1-3-21-16(20)19-6-4-15(5-7-19)18-11-13-8-12(2)9-14(17)10-13/h8-10,15,18H,3-7,11H2,1-2H3. The summed E-state index contributed by atoms with van der Waals surface area (Å²) in [4.78, 5) is 13.3. The molecule has 4 nitrogen and oxygen atoms in total. The minimum absolute atomic E-state index is 0.191. The SMILES string of the molecule is CCOC(=O)N1CCC(NCc2cc(C)cc(F)c2)CC1. The van der Waals surface area contributed by atoms with E-state index in [1.165, 1.54) is 6.07 Å². The molecule has 0 radical (unpaired) electrons. The van der Waals surface area contributed by atoms with E-state index in [4.69, 9.17) is 4.74 Å². The van der Waals surface area contributed by atoms with Crippen LogP contribution in [0.1, 0.15) is 30.9 Å². The summed E-state index contributed by atoms with van der Waals surface area (Å²) in [7, 11) is 0. The maximum absolute atomic E-state index is 13.3. The Kier molecular flexibility index (Phi) is 5.56. The van der Waals surface area contributed by atoms with Gasteiger partial charge in [0.05, 0.1) is 6.61 Å². The molecule has 0 aromatic heterocycles. The molecule has 1 aromatic carbocycles. The van der Waals surface area contributed by atoms with Crippen molar-refractivity contribution >= 4 is 6.09 Å². The van der Waals surface area contributed by atoms with Crippen molar-refractivity contribution < 1.29 is 13.9 Å². The number of piperidine rings is 1. The van der Waals surface area contributed by atoms with E-state index >= 15 is 0 Å². The van der Waals surface area contributed by atoms with E-state index in [-0.39, 0.29) is 11.9 Å². The Morgan fingerprint density at radius 3 is 2.71 bits per heavy atom. The van der Waals surface area contributed by atoms with Crippen molar-refractivity contribution in [3.63, 3.8) is 0 Å². The first-order valence-corrected chi connectivity index (χ1v) is 7.49. The normalized spacial score (nSPS) is 16.0. The molecule has 1 saturated heterocycles. The van der Waals surface area contributed by atoms with Crippen molar-refractivity contribution in [1.29, 1.82) is 0 Å². The molecule has 0 aliphatic carbocycles. The lowest BCUT2D eigenvalue weighted by Gasteiger charge is -2.31. The number of nitrogens with zero attached hydrogens (tertiary/aromatic N) is 1. The van der Waals surface area contributed by atoms with Gasteiger partial charge in [0.15, 0.2) is 0 Å². The van der Waals surface area contributed by atoms with E-state index in [1.54, 1.807) is 11.0 Å². The summed E-state index contributed by atoms with van der Waals surface area (Å²) in [5.74, 6) is -0.191. The highest BCUT2D eigenvalue weighted by Crippen LogP contribution is 2.13. The second-order valence-electron chi connectivity index (χ2n) is 5.48. The maximum atomic E-state index is 13.3. The first kappa shape index (κ1) is 15.8. The van der Waals surface area contributed by atoms with Crippen molar-refractivity contribution in [2.45, 2.75) is 39.3 Å². The topological polar surface area (TPSA) is 41.6 Å². The minimum Gasteiger partial charge on any atom is -0.450 e. The van der Waals surface area contributed by atoms with Crippen LogP contribution in [0.4, 0.5) is 9.18 Å². The average molecular weight is 294 g/mol. The molecule has 0 unspecified atom stereocenters. The number of rotatable bonds is 4. The third-order valence-corrected chi connectivity index (χ3v) is 3.72. The zero-order valence-corrected chi connectivity index (χ0v) is 12.7. The fraction of sp³-hybridized carbons (Fsp3) is 0.562.